The molecule has 0 bridgehead atoms. The molecule has 1 fully saturated rings. The van der Waals surface area contributed by atoms with Gasteiger partial charge in [0.05, 0.1) is 18.8 Å². The third-order valence-electron chi connectivity index (χ3n) is 5.98. The van der Waals surface area contributed by atoms with E-state index in [2.05, 4.69) is 28.2 Å². The van der Waals surface area contributed by atoms with Crippen LogP contribution in [0.1, 0.15) is 44.7 Å². The molecule has 0 aliphatic carbocycles. The van der Waals surface area contributed by atoms with Crippen molar-refractivity contribution in [2.45, 2.75) is 63.3 Å². The lowest BCUT2D eigenvalue weighted by Gasteiger charge is -2.33. The molecule has 0 radical (unpaired) electrons. The largest absolute Gasteiger partial charge is 0.496 e. The van der Waals surface area contributed by atoms with Crippen LogP contribution in [0.2, 0.25) is 0 Å². The van der Waals surface area contributed by atoms with Crippen LogP contribution >= 0.6 is 27.7 Å². The van der Waals surface area contributed by atoms with Crippen LogP contribution in [0, 0.1) is 13.8 Å². The van der Waals surface area contributed by atoms with E-state index in [1.54, 1.807) is 30.0 Å². The van der Waals surface area contributed by atoms with Crippen molar-refractivity contribution in [3.63, 3.8) is 0 Å². The average Bonchev–Trinajstić information content (AvgIpc) is 3.29. The van der Waals surface area contributed by atoms with Crippen molar-refractivity contribution in [1.29, 1.82) is 0 Å². The Morgan fingerprint density at radius 1 is 1.23 bits per heavy atom. The Morgan fingerprint density at radius 2 is 1.94 bits per heavy atom. The number of rotatable bonds is 5. The molecule has 1 N–H and O–H groups in total. The number of furan rings is 1. The van der Waals surface area contributed by atoms with Gasteiger partial charge in [-0.05, 0) is 81.1 Å². The van der Waals surface area contributed by atoms with Gasteiger partial charge in [-0.15, -0.1) is 11.8 Å². The van der Waals surface area contributed by atoms with Crippen LogP contribution in [0.25, 0.3) is 11.0 Å². The number of piperidine rings is 1. The van der Waals surface area contributed by atoms with Gasteiger partial charge in [-0.25, -0.2) is 9.78 Å². The van der Waals surface area contributed by atoms with Crippen molar-refractivity contribution in [3.05, 3.63) is 40.1 Å². The number of benzene rings is 1. The van der Waals surface area contributed by atoms with E-state index in [-0.39, 0.29) is 6.09 Å². The Balaban J connectivity index is 1.55. The number of hydrogen-bond acceptors (Lipinski definition) is 7. The van der Waals surface area contributed by atoms with Crippen molar-refractivity contribution in [1.82, 2.24) is 9.88 Å². The first-order chi connectivity index (χ1) is 16.6. The number of fused-ring (bicyclic) bond motifs is 1. The molecule has 7 nitrogen and oxygen atoms in total. The number of pyridine rings is 1. The zero-order chi connectivity index (χ0) is 25.3. The number of aromatic nitrogens is 1. The second-order valence-electron chi connectivity index (χ2n) is 9.74. The number of nitrogens with zero attached hydrogens (tertiary/aromatic N) is 2. The first-order valence-corrected chi connectivity index (χ1v) is 13.4. The van der Waals surface area contributed by atoms with E-state index in [4.69, 9.17) is 18.9 Å². The molecule has 4 rings (SSSR count). The summed E-state index contributed by atoms with van der Waals surface area (Å²) in [4.78, 5) is 19.2. The normalized spacial score (nSPS) is 14.9. The Morgan fingerprint density at radius 3 is 2.60 bits per heavy atom. The number of carbonyl (C=O) groups excluding carboxylic acids is 1. The fraction of sp³-hybridized carbons (Fsp3) is 0.462. The number of methoxy groups -OCH3 is 1. The second kappa shape index (κ2) is 10.3. The summed E-state index contributed by atoms with van der Waals surface area (Å²) in [6.07, 6.45) is 3.20. The number of thioether (sulfide) groups is 1. The van der Waals surface area contributed by atoms with Crippen LogP contribution in [0.3, 0.4) is 0 Å². The van der Waals surface area contributed by atoms with Gasteiger partial charge in [0.2, 0.25) is 0 Å². The molecule has 0 spiro atoms. The van der Waals surface area contributed by atoms with Crippen molar-refractivity contribution in [2.24, 2.45) is 0 Å². The van der Waals surface area contributed by atoms with Gasteiger partial charge in [-0.1, -0.05) is 6.07 Å². The SMILES string of the molecule is COc1ccc(C)c(Nc2nc(SC3CCN(C(=O)OC(C)(C)C)CC3)c3ccoc3c2Br)c1C. The van der Waals surface area contributed by atoms with E-state index < -0.39 is 5.60 Å². The van der Waals surface area contributed by atoms with Gasteiger partial charge in [0.25, 0.3) is 0 Å². The number of likely N-dealkylation sites (tertiary alicyclic amines) is 1. The minimum Gasteiger partial charge on any atom is -0.496 e. The highest BCUT2D eigenvalue weighted by Crippen LogP contribution is 2.41. The van der Waals surface area contributed by atoms with Gasteiger partial charge in [0, 0.05) is 29.6 Å². The molecule has 1 aliphatic heterocycles. The number of halogens is 1. The Kier molecular flexibility index (Phi) is 7.57. The first-order valence-electron chi connectivity index (χ1n) is 11.7. The third-order valence-corrected chi connectivity index (χ3v) is 8.05. The molecule has 3 heterocycles. The number of amides is 1. The van der Waals surface area contributed by atoms with Crippen molar-refractivity contribution in [3.8, 4) is 5.75 Å². The minimum atomic E-state index is -0.486. The molecule has 2 aromatic heterocycles. The summed E-state index contributed by atoms with van der Waals surface area (Å²) in [5.41, 5.74) is 3.35. The van der Waals surface area contributed by atoms with Crippen molar-refractivity contribution in [2.75, 3.05) is 25.5 Å². The maximum Gasteiger partial charge on any atom is 0.410 e. The molecule has 1 aromatic carbocycles. The standard InChI is InChI=1S/C26H32BrN3O4S/c1-15-7-8-19(32-6)16(2)21(15)28-23-20(27)22-18(11-14-33-22)24(29-23)35-17-9-12-30(13-10-17)25(31)34-26(3,4)5/h7-8,11,14,17H,9-10,12-13H2,1-6H3,(H,28,29). The first kappa shape index (κ1) is 25.7. The van der Waals surface area contributed by atoms with Crippen LogP contribution in [-0.2, 0) is 4.74 Å². The Hall–Kier alpha value is -2.39. The topological polar surface area (TPSA) is 76.8 Å². The van der Waals surface area contributed by atoms with Crippen molar-refractivity contribution < 1.29 is 18.7 Å². The van der Waals surface area contributed by atoms with Gasteiger partial charge in [-0.2, -0.15) is 0 Å². The molecular weight excluding hydrogens is 530 g/mol. The highest BCUT2D eigenvalue weighted by atomic mass is 79.9. The molecule has 9 heteroatoms. The third kappa shape index (κ3) is 5.72. The van der Waals surface area contributed by atoms with Crippen LogP contribution in [0.15, 0.2) is 38.4 Å². The van der Waals surface area contributed by atoms with Crippen molar-refractivity contribution >= 4 is 56.3 Å². The van der Waals surface area contributed by atoms with E-state index in [0.29, 0.717) is 24.2 Å². The molecule has 188 valence electrons. The Labute approximate surface area is 219 Å². The van der Waals surface area contributed by atoms with Crippen LogP contribution in [0.5, 0.6) is 5.75 Å². The summed E-state index contributed by atoms with van der Waals surface area (Å²) < 4.78 is 17.6. The zero-order valence-corrected chi connectivity index (χ0v) is 23.4. The lowest BCUT2D eigenvalue weighted by atomic mass is 10.1. The molecule has 3 aromatic rings. The maximum absolute atomic E-state index is 12.4. The number of carbonyl (C=O) groups is 1. The quantitative estimate of drug-likeness (QED) is 0.346. The molecule has 1 saturated heterocycles. The smallest absolute Gasteiger partial charge is 0.410 e. The van der Waals surface area contributed by atoms with Gasteiger partial charge in [0.15, 0.2) is 5.58 Å². The molecule has 1 amide bonds. The summed E-state index contributed by atoms with van der Waals surface area (Å²) in [6.45, 7) is 11.1. The van der Waals surface area contributed by atoms with Crippen LogP contribution in [-0.4, -0.2) is 47.0 Å². The zero-order valence-electron chi connectivity index (χ0n) is 21.0. The second-order valence-corrected chi connectivity index (χ2v) is 11.8. The molecule has 0 saturated carbocycles. The maximum atomic E-state index is 12.4. The number of nitrogens with one attached hydrogen (secondary N) is 1. The van der Waals surface area contributed by atoms with Crippen LogP contribution < -0.4 is 10.1 Å². The highest BCUT2D eigenvalue weighted by molar-refractivity contribution is 9.10. The summed E-state index contributed by atoms with van der Waals surface area (Å²) in [5, 5.41) is 5.73. The predicted molar refractivity (Wildman–Crippen MR) is 144 cm³/mol. The lowest BCUT2D eigenvalue weighted by molar-refractivity contribution is 0.0219. The molecular formula is C26H32BrN3O4S. The molecule has 35 heavy (non-hydrogen) atoms. The number of aryl methyl sites for hydroxylation is 1. The monoisotopic (exact) mass is 561 g/mol. The van der Waals surface area contributed by atoms with Gasteiger partial charge in [0.1, 0.15) is 26.7 Å². The number of hydrogen-bond donors (Lipinski definition) is 1. The van der Waals surface area contributed by atoms with E-state index in [9.17, 15) is 4.79 Å². The fourth-order valence-corrected chi connectivity index (χ4v) is 5.83. The Bertz CT molecular complexity index is 1230. The minimum absolute atomic E-state index is 0.240. The van der Waals surface area contributed by atoms with Gasteiger partial charge < -0.3 is 24.1 Å². The average molecular weight is 563 g/mol. The predicted octanol–water partition coefficient (Wildman–Crippen LogP) is 7.45. The summed E-state index contributed by atoms with van der Waals surface area (Å²) in [6, 6.07) is 5.96. The fourth-order valence-electron chi connectivity index (χ4n) is 4.14. The summed E-state index contributed by atoms with van der Waals surface area (Å²) >= 11 is 5.43. The van der Waals surface area contributed by atoms with E-state index in [1.807, 2.05) is 45.9 Å². The van der Waals surface area contributed by atoms with Gasteiger partial charge >= 0.3 is 6.09 Å². The lowest BCUT2D eigenvalue weighted by Crippen LogP contribution is -2.42. The van der Waals surface area contributed by atoms with E-state index >= 15 is 0 Å². The summed E-state index contributed by atoms with van der Waals surface area (Å²) in [5.74, 6) is 1.51. The van der Waals surface area contributed by atoms with E-state index in [0.717, 1.165) is 55.9 Å². The molecule has 1 aliphatic rings. The summed E-state index contributed by atoms with van der Waals surface area (Å²) in [7, 11) is 1.67. The van der Waals surface area contributed by atoms with Gasteiger partial charge in [-0.3, -0.25) is 0 Å². The molecule has 0 atom stereocenters. The van der Waals surface area contributed by atoms with Crippen LogP contribution in [0.4, 0.5) is 16.3 Å². The highest BCUT2D eigenvalue weighted by Gasteiger charge is 2.28. The molecule has 0 unspecified atom stereocenters. The number of ether oxygens (including phenoxy) is 2. The number of anilines is 2. The van der Waals surface area contributed by atoms with E-state index in [1.165, 1.54) is 0 Å².